The Labute approximate surface area is 250 Å². The number of piperidine rings is 2. The monoisotopic (exact) mass is 569 g/mol. The number of amides is 2. The Balaban J connectivity index is 1.46. The highest BCUT2D eigenvalue weighted by Gasteiger charge is 2.40. The van der Waals surface area contributed by atoms with Gasteiger partial charge in [0.25, 0.3) is 5.91 Å². The van der Waals surface area contributed by atoms with Crippen LogP contribution in [0.3, 0.4) is 0 Å². The second-order valence-electron chi connectivity index (χ2n) is 13.0. The van der Waals surface area contributed by atoms with Crippen molar-refractivity contribution in [3.63, 3.8) is 0 Å². The van der Waals surface area contributed by atoms with Crippen LogP contribution in [0.15, 0.2) is 66.7 Å². The summed E-state index contributed by atoms with van der Waals surface area (Å²) in [6.07, 6.45) is 5.09. The lowest BCUT2D eigenvalue weighted by molar-refractivity contribution is -0.123. The van der Waals surface area contributed by atoms with Crippen molar-refractivity contribution in [1.82, 2.24) is 9.80 Å². The first-order chi connectivity index (χ1) is 20.1. The van der Waals surface area contributed by atoms with E-state index in [0.717, 1.165) is 36.4 Å². The SMILES string of the molecule is Cc1cccc(F)c1C(=O)N1CCC[C@H](C(=O)Nc2cccc(C(C)(C)C)c2)[C@@H]1c1ccc(CN2CCCCC2)cc1. The summed E-state index contributed by atoms with van der Waals surface area (Å²) in [5.41, 5.74) is 4.64. The Morgan fingerprint density at radius 1 is 0.905 bits per heavy atom. The molecule has 2 saturated heterocycles. The molecule has 5 rings (SSSR count). The Bertz CT molecular complexity index is 1390. The van der Waals surface area contributed by atoms with Gasteiger partial charge in [-0.15, -0.1) is 0 Å². The molecule has 42 heavy (non-hydrogen) atoms. The lowest BCUT2D eigenvalue weighted by Crippen LogP contribution is -2.46. The van der Waals surface area contributed by atoms with Gasteiger partial charge in [0.05, 0.1) is 17.5 Å². The number of hydrogen-bond donors (Lipinski definition) is 1. The maximum Gasteiger partial charge on any atom is 0.257 e. The predicted octanol–water partition coefficient (Wildman–Crippen LogP) is 7.65. The molecule has 2 amide bonds. The number of rotatable bonds is 6. The largest absolute Gasteiger partial charge is 0.331 e. The molecule has 6 heteroatoms. The molecule has 1 N–H and O–H groups in total. The number of halogens is 1. The van der Waals surface area contributed by atoms with Gasteiger partial charge in [-0.05, 0) is 91.6 Å². The van der Waals surface area contributed by atoms with Gasteiger partial charge in [-0.3, -0.25) is 14.5 Å². The van der Waals surface area contributed by atoms with E-state index in [1.807, 2.05) is 18.2 Å². The summed E-state index contributed by atoms with van der Waals surface area (Å²) in [5.74, 6) is -1.48. The molecule has 222 valence electrons. The summed E-state index contributed by atoms with van der Waals surface area (Å²) >= 11 is 0. The van der Waals surface area contributed by atoms with Crippen molar-refractivity contribution in [2.45, 2.75) is 77.8 Å². The molecule has 0 radical (unpaired) electrons. The highest BCUT2D eigenvalue weighted by molar-refractivity contribution is 5.98. The molecule has 3 aromatic rings. The van der Waals surface area contributed by atoms with Crippen LogP contribution < -0.4 is 5.32 Å². The maximum atomic E-state index is 15.0. The third-order valence-electron chi connectivity index (χ3n) is 8.84. The topological polar surface area (TPSA) is 52.7 Å². The minimum absolute atomic E-state index is 0.0507. The lowest BCUT2D eigenvalue weighted by atomic mass is 9.82. The zero-order valence-electron chi connectivity index (χ0n) is 25.5. The Kier molecular flexibility index (Phi) is 9.12. The second kappa shape index (κ2) is 12.8. The number of nitrogens with zero attached hydrogens (tertiary/aromatic N) is 2. The van der Waals surface area contributed by atoms with E-state index in [1.165, 1.54) is 30.9 Å². The molecule has 3 aromatic carbocycles. The number of aryl methyl sites for hydroxylation is 1. The molecule has 0 unspecified atom stereocenters. The number of likely N-dealkylation sites (tertiary alicyclic amines) is 2. The van der Waals surface area contributed by atoms with Crippen LogP contribution in [0.4, 0.5) is 10.1 Å². The molecule has 2 atom stereocenters. The number of nitrogens with one attached hydrogen (secondary N) is 1. The van der Waals surface area contributed by atoms with Crippen LogP contribution in [0.5, 0.6) is 0 Å². The van der Waals surface area contributed by atoms with Gasteiger partial charge in [0.15, 0.2) is 0 Å². The standard InChI is InChI=1S/C36H44FN3O2/c1-25-11-8-15-31(37)32(25)35(42)40-22-10-14-30(34(41)38-29-13-9-12-28(23-29)36(2,3)4)33(40)27-18-16-26(17-19-27)24-39-20-6-5-7-21-39/h8-9,11-13,15-19,23,30,33H,5-7,10,14,20-22,24H2,1-4H3,(H,38,41)/t30-,33-/m0/s1. The summed E-state index contributed by atoms with van der Waals surface area (Å²) in [7, 11) is 0. The lowest BCUT2D eigenvalue weighted by Gasteiger charge is -2.41. The molecular formula is C36H44FN3O2. The van der Waals surface area contributed by atoms with Crippen molar-refractivity contribution in [3.05, 3.63) is 100 Å². The average molecular weight is 570 g/mol. The summed E-state index contributed by atoms with van der Waals surface area (Å²) in [6, 6.07) is 20.6. The summed E-state index contributed by atoms with van der Waals surface area (Å²) < 4.78 is 15.0. The minimum atomic E-state index is -0.527. The normalized spacial score (nSPS) is 19.9. The number of carbonyl (C=O) groups excluding carboxylic acids is 2. The molecule has 5 nitrogen and oxygen atoms in total. The van der Waals surface area contributed by atoms with Crippen molar-refractivity contribution in [2.75, 3.05) is 25.0 Å². The average Bonchev–Trinajstić information content (AvgIpc) is 2.97. The van der Waals surface area contributed by atoms with Gasteiger partial charge < -0.3 is 10.2 Å². The van der Waals surface area contributed by atoms with Gasteiger partial charge in [0.2, 0.25) is 5.91 Å². The summed E-state index contributed by atoms with van der Waals surface area (Å²) in [5, 5.41) is 3.15. The Morgan fingerprint density at radius 2 is 1.62 bits per heavy atom. The van der Waals surface area contributed by atoms with Gasteiger partial charge >= 0.3 is 0 Å². The highest BCUT2D eigenvalue weighted by atomic mass is 19.1. The molecule has 2 heterocycles. The highest BCUT2D eigenvalue weighted by Crippen LogP contribution is 2.39. The van der Waals surface area contributed by atoms with Gasteiger partial charge in [0, 0.05) is 18.8 Å². The van der Waals surface area contributed by atoms with Gasteiger partial charge in [-0.25, -0.2) is 4.39 Å². The molecule has 2 fully saturated rings. The number of hydrogen-bond acceptors (Lipinski definition) is 3. The summed E-state index contributed by atoms with van der Waals surface area (Å²) in [4.78, 5) is 32.1. The maximum absolute atomic E-state index is 15.0. The van der Waals surface area contributed by atoms with Gasteiger partial charge in [0.1, 0.15) is 5.82 Å². The van der Waals surface area contributed by atoms with Crippen LogP contribution in [-0.4, -0.2) is 41.2 Å². The van der Waals surface area contributed by atoms with Crippen molar-refractivity contribution in [3.8, 4) is 0 Å². The van der Waals surface area contributed by atoms with E-state index < -0.39 is 17.8 Å². The van der Waals surface area contributed by atoms with Crippen LogP contribution in [0.2, 0.25) is 0 Å². The molecule has 0 bridgehead atoms. The molecule has 0 saturated carbocycles. The molecule has 0 aromatic heterocycles. The van der Waals surface area contributed by atoms with E-state index in [1.54, 1.807) is 24.0 Å². The van der Waals surface area contributed by atoms with Crippen molar-refractivity contribution < 1.29 is 14.0 Å². The fourth-order valence-electron chi connectivity index (χ4n) is 6.45. The predicted molar refractivity (Wildman–Crippen MR) is 167 cm³/mol. The molecular weight excluding hydrogens is 525 g/mol. The smallest absolute Gasteiger partial charge is 0.257 e. The van der Waals surface area contributed by atoms with Gasteiger partial charge in [-0.2, -0.15) is 0 Å². The van der Waals surface area contributed by atoms with Crippen molar-refractivity contribution >= 4 is 17.5 Å². The third kappa shape index (κ3) is 6.75. The van der Waals surface area contributed by atoms with Crippen LogP contribution in [0.25, 0.3) is 0 Å². The Morgan fingerprint density at radius 3 is 2.31 bits per heavy atom. The first-order valence-electron chi connectivity index (χ1n) is 15.4. The Hall–Kier alpha value is -3.51. The zero-order chi connectivity index (χ0) is 29.9. The fraction of sp³-hybridized carbons (Fsp3) is 0.444. The molecule has 0 spiro atoms. The van der Waals surface area contributed by atoms with E-state index in [2.05, 4.69) is 61.3 Å². The van der Waals surface area contributed by atoms with E-state index in [-0.39, 0.29) is 22.8 Å². The number of anilines is 1. The van der Waals surface area contributed by atoms with Crippen molar-refractivity contribution in [2.24, 2.45) is 5.92 Å². The van der Waals surface area contributed by atoms with Crippen molar-refractivity contribution in [1.29, 1.82) is 0 Å². The third-order valence-corrected chi connectivity index (χ3v) is 8.84. The number of carbonyl (C=O) groups is 2. The van der Waals surface area contributed by atoms with Gasteiger partial charge in [-0.1, -0.05) is 75.7 Å². The first kappa shape index (κ1) is 30.0. The molecule has 2 aliphatic rings. The molecule has 2 aliphatic heterocycles. The number of benzene rings is 3. The van der Waals surface area contributed by atoms with Crippen LogP contribution in [0.1, 0.15) is 91.5 Å². The second-order valence-corrected chi connectivity index (χ2v) is 13.0. The zero-order valence-corrected chi connectivity index (χ0v) is 25.5. The van der Waals surface area contributed by atoms with E-state index in [4.69, 9.17) is 0 Å². The van der Waals surface area contributed by atoms with Crippen LogP contribution in [0, 0.1) is 18.7 Å². The van der Waals surface area contributed by atoms with Crippen LogP contribution in [-0.2, 0) is 16.8 Å². The quantitative estimate of drug-likeness (QED) is 0.332. The van der Waals surface area contributed by atoms with Crippen LogP contribution >= 0.6 is 0 Å². The van der Waals surface area contributed by atoms with E-state index in [9.17, 15) is 9.59 Å². The minimum Gasteiger partial charge on any atom is -0.331 e. The van der Waals surface area contributed by atoms with E-state index >= 15 is 4.39 Å². The van der Waals surface area contributed by atoms with E-state index in [0.29, 0.717) is 24.9 Å². The summed E-state index contributed by atoms with van der Waals surface area (Å²) in [6.45, 7) is 11.8. The molecule has 0 aliphatic carbocycles. The first-order valence-corrected chi connectivity index (χ1v) is 15.4. The fourth-order valence-corrected chi connectivity index (χ4v) is 6.45.